The first-order valence-electron chi connectivity index (χ1n) is 11.0. The molecule has 2 aliphatic heterocycles. The van der Waals surface area contributed by atoms with Crippen LogP contribution in [0.25, 0.3) is 0 Å². The third-order valence-electron chi connectivity index (χ3n) is 6.20. The van der Waals surface area contributed by atoms with Crippen LogP contribution in [0.15, 0.2) is 29.3 Å². The van der Waals surface area contributed by atoms with E-state index >= 15 is 0 Å². The molecule has 1 aromatic carbocycles. The summed E-state index contributed by atoms with van der Waals surface area (Å²) in [7, 11) is 1.81. The van der Waals surface area contributed by atoms with Crippen molar-refractivity contribution in [3.8, 4) is 11.5 Å². The third kappa shape index (κ3) is 5.67. The van der Waals surface area contributed by atoms with Crippen LogP contribution in [0.3, 0.4) is 0 Å². The van der Waals surface area contributed by atoms with Gasteiger partial charge in [0, 0.05) is 51.0 Å². The SMILES string of the molecule is CN=C(NCCCn1nc(C)cc1C)NCC1(c2ccc3c(c2)OCO3)CCOCC1.I. The predicted octanol–water partition coefficient (Wildman–Crippen LogP) is 3.15. The molecule has 3 heterocycles. The predicted molar refractivity (Wildman–Crippen MR) is 135 cm³/mol. The summed E-state index contributed by atoms with van der Waals surface area (Å²) in [5, 5.41) is 11.5. The Bertz CT molecular complexity index is 924. The summed E-state index contributed by atoms with van der Waals surface area (Å²) < 4.78 is 18.8. The zero-order chi connectivity index (χ0) is 21.7. The molecule has 1 aromatic heterocycles. The Morgan fingerprint density at radius 3 is 2.62 bits per heavy atom. The van der Waals surface area contributed by atoms with Crippen molar-refractivity contribution in [2.45, 2.75) is 45.1 Å². The Hall–Kier alpha value is -2.01. The molecule has 0 spiro atoms. The molecule has 4 rings (SSSR count). The van der Waals surface area contributed by atoms with E-state index < -0.39 is 0 Å². The lowest BCUT2D eigenvalue weighted by molar-refractivity contribution is 0.0513. The first kappa shape index (κ1) is 24.6. The van der Waals surface area contributed by atoms with Gasteiger partial charge in [0.1, 0.15) is 0 Å². The average Bonchev–Trinajstić information content (AvgIpc) is 3.38. The van der Waals surface area contributed by atoms with Gasteiger partial charge in [-0.3, -0.25) is 9.67 Å². The average molecular weight is 555 g/mol. The molecule has 0 radical (unpaired) electrons. The van der Waals surface area contributed by atoms with E-state index in [1.54, 1.807) is 0 Å². The second-order valence-electron chi connectivity index (χ2n) is 8.32. The molecule has 0 amide bonds. The van der Waals surface area contributed by atoms with Gasteiger partial charge in [0.2, 0.25) is 6.79 Å². The van der Waals surface area contributed by atoms with Crippen molar-refractivity contribution in [1.29, 1.82) is 0 Å². The van der Waals surface area contributed by atoms with E-state index in [0.29, 0.717) is 6.79 Å². The van der Waals surface area contributed by atoms with E-state index in [2.05, 4.69) is 50.5 Å². The Balaban J connectivity index is 0.00000289. The number of ether oxygens (including phenoxy) is 3. The summed E-state index contributed by atoms with van der Waals surface area (Å²) in [6.07, 6.45) is 2.88. The molecule has 32 heavy (non-hydrogen) atoms. The molecule has 9 heteroatoms. The highest BCUT2D eigenvalue weighted by Gasteiger charge is 2.35. The van der Waals surface area contributed by atoms with Crippen LogP contribution >= 0.6 is 24.0 Å². The number of rotatable bonds is 7. The van der Waals surface area contributed by atoms with Gasteiger partial charge in [-0.2, -0.15) is 5.10 Å². The normalized spacial score (nSPS) is 17.0. The molecule has 1 fully saturated rings. The summed E-state index contributed by atoms with van der Waals surface area (Å²) in [4.78, 5) is 4.42. The molecule has 0 saturated carbocycles. The maximum Gasteiger partial charge on any atom is 0.231 e. The van der Waals surface area contributed by atoms with Gasteiger partial charge in [-0.25, -0.2) is 0 Å². The Morgan fingerprint density at radius 2 is 1.91 bits per heavy atom. The van der Waals surface area contributed by atoms with E-state index in [0.717, 1.165) is 75.3 Å². The maximum atomic E-state index is 5.67. The number of aromatic nitrogens is 2. The van der Waals surface area contributed by atoms with E-state index in [4.69, 9.17) is 14.2 Å². The highest BCUT2D eigenvalue weighted by atomic mass is 127. The minimum atomic E-state index is -0.0272. The number of hydrogen-bond donors (Lipinski definition) is 2. The monoisotopic (exact) mass is 555 g/mol. The lowest BCUT2D eigenvalue weighted by atomic mass is 9.74. The van der Waals surface area contributed by atoms with Gasteiger partial charge in [0.25, 0.3) is 0 Å². The van der Waals surface area contributed by atoms with Crippen LogP contribution in [0.4, 0.5) is 0 Å². The van der Waals surface area contributed by atoms with Crippen molar-refractivity contribution < 1.29 is 14.2 Å². The first-order chi connectivity index (χ1) is 15.1. The van der Waals surface area contributed by atoms with Crippen LogP contribution in [0.5, 0.6) is 11.5 Å². The number of aliphatic imine (C=N–C) groups is 1. The van der Waals surface area contributed by atoms with Crippen LogP contribution in [-0.4, -0.2) is 55.9 Å². The lowest BCUT2D eigenvalue weighted by Crippen LogP contribution is -2.48. The lowest BCUT2D eigenvalue weighted by Gasteiger charge is -2.38. The number of halogens is 1. The number of hydrogen-bond acceptors (Lipinski definition) is 5. The Morgan fingerprint density at radius 1 is 1.12 bits per heavy atom. The molecule has 2 aromatic rings. The fraction of sp³-hybridized carbons (Fsp3) is 0.565. The second-order valence-corrected chi connectivity index (χ2v) is 8.32. The van der Waals surface area contributed by atoms with E-state index in [9.17, 15) is 0 Å². The molecule has 8 nitrogen and oxygen atoms in total. The number of aryl methyl sites for hydroxylation is 3. The number of nitrogens with zero attached hydrogens (tertiary/aromatic N) is 3. The van der Waals surface area contributed by atoms with Crippen molar-refractivity contribution in [2.75, 3.05) is 40.1 Å². The highest BCUT2D eigenvalue weighted by Crippen LogP contribution is 2.40. The quantitative estimate of drug-likeness (QED) is 0.237. The van der Waals surface area contributed by atoms with E-state index in [1.165, 1.54) is 11.3 Å². The Labute approximate surface area is 207 Å². The van der Waals surface area contributed by atoms with Gasteiger partial charge < -0.3 is 24.8 Å². The molecule has 2 aliphatic rings. The molecular formula is C23H34IN5O3. The largest absolute Gasteiger partial charge is 0.454 e. The molecular weight excluding hydrogens is 521 g/mol. The molecule has 2 N–H and O–H groups in total. The second kappa shape index (κ2) is 11.2. The van der Waals surface area contributed by atoms with Crippen LogP contribution in [-0.2, 0) is 16.7 Å². The van der Waals surface area contributed by atoms with E-state index in [-0.39, 0.29) is 29.4 Å². The molecule has 0 aliphatic carbocycles. The minimum Gasteiger partial charge on any atom is -0.454 e. The van der Waals surface area contributed by atoms with Crippen molar-refractivity contribution in [1.82, 2.24) is 20.4 Å². The third-order valence-corrected chi connectivity index (χ3v) is 6.20. The number of guanidine groups is 1. The molecule has 176 valence electrons. The summed E-state index contributed by atoms with van der Waals surface area (Å²) in [5.41, 5.74) is 3.49. The van der Waals surface area contributed by atoms with Crippen molar-refractivity contribution >= 4 is 29.9 Å². The molecule has 0 atom stereocenters. The maximum absolute atomic E-state index is 5.67. The van der Waals surface area contributed by atoms with Crippen molar-refractivity contribution in [3.63, 3.8) is 0 Å². The van der Waals surface area contributed by atoms with E-state index in [1.807, 2.05) is 20.0 Å². The van der Waals surface area contributed by atoms with Crippen LogP contribution in [0, 0.1) is 13.8 Å². The van der Waals surface area contributed by atoms with Crippen LogP contribution in [0.2, 0.25) is 0 Å². The fourth-order valence-electron chi connectivity index (χ4n) is 4.37. The topological polar surface area (TPSA) is 81.9 Å². The fourth-order valence-corrected chi connectivity index (χ4v) is 4.37. The molecule has 0 unspecified atom stereocenters. The summed E-state index contributed by atoms with van der Waals surface area (Å²) in [6.45, 7) is 8.43. The van der Waals surface area contributed by atoms with Crippen molar-refractivity contribution in [3.05, 3.63) is 41.2 Å². The Kier molecular flexibility index (Phi) is 8.64. The number of nitrogens with one attached hydrogen (secondary N) is 2. The summed E-state index contributed by atoms with van der Waals surface area (Å²) in [6, 6.07) is 8.41. The van der Waals surface area contributed by atoms with Crippen LogP contribution in [0.1, 0.15) is 36.2 Å². The van der Waals surface area contributed by atoms with Gasteiger partial charge in [-0.15, -0.1) is 24.0 Å². The number of fused-ring (bicyclic) bond motifs is 1. The van der Waals surface area contributed by atoms with Crippen molar-refractivity contribution in [2.24, 2.45) is 4.99 Å². The van der Waals surface area contributed by atoms with Crippen LogP contribution < -0.4 is 20.1 Å². The smallest absolute Gasteiger partial charge is 0.231 e. The van der Waals surface area contributed by atoms with Gasteiger partial charge in [-0.1, -0.05) is 6.07 Å². The van der Waals surface area contributed by atoms with Gasteiger partial charge in [-0.05, 0) is 56.9 Å². The standard InChI is InChI=1S/C23H33N5O3.HI/c1-17-13-18(2)28(27-17)10-4-9-25-22(24-3)26-15-23(7-11-29-12-8-23)19-5-6-20-21(14-19)31-16-30-20;/h5-6,13-14H,4,7-12,15-16H2,1-3H3,(H2,24,25,26);1H. The highest BCUT2D eigenvalue weighted by molar-refractivity contribution is 14.0. The first-order valence-corrected chi connectivity index (χ1v) is 11.0. The zero-order valence-electron chi connectivity index (χ0n) is 19.1. The molecule has 1 saturated heterocycles. The summed E-state index contributed by atoms with van der Waals surface area (Å²) in [5.74, 6) is 2.47. The number of benzene rings is 1. The van der Waals surface area contributed by atoms with Gasteiger partial charge in [0.15, 0.2) is 17.5 Å². The minimum absolute atomic E-state index is 0. The zero-order valence-corrected chi connectivity index (χ0v) is 21.5. The molecule has 0 bridgehead atoms. The van der Waals surface area contributed by atoms with Gasteiger partial charge >= 0.3 is 0 Å². The summed E-state index contributed by atoms with van der Waals surface area (Å²) >= 11 is 0. The van der Waals surface area contributed by atoms with Gasteiger partial charge in [0.05, 0.1) is 5.69 Å².